The van der Waals surface area contributed by atoms with Gasteiger partial charge in [0.15, 0.2) is 5.65 Å². The van der Waals surface area contributed by atoms with Gasteiger partial charge in [-0.2, -0.15) is 18.3 Å². The van der Waals surface area contributed by atoms with Gasteiger partial charge in [0.2, 0.25) is 0 Å². The fourth-order valence-electron chi connectivity index (χ4n) is 2.96. The van der Waals surface area contributed by atoms with Gasteiger partial charge in [-0.25, -0.2) is 14.5 Å². The molecular formula is C18H15F3N6O2. The summed E-state index contributed by atoms with van der Waals surface area (Å²) >= 11 is 0. The van der Waals surface area contributed by atoms with Crippen LogP contribution in [0.4, 0.5) is 13.2 Å². The van der Waals surface area contributed by atoms with Gasteiger partial charge < -0.3 is 15.0 Å². The summed E-state index contributed by atoms with van der Waals surface area (Å²) in [5.41, 5.74) is 0.340. The number of methoxy groups -OCH3 is 1. The first-order valence-electron chi connectivity index (χ1n) is 8.49. The second-order valence-corrected chi connectivity index (χ2v) is 6.32. The lowest BCUT2D eigenvalue weighted by atomic mass is 10.2. The molecule has 3 aromatic heterocycles. The minimum Gasteiger partial charge on any atom is -0.497 e. The average Bonchev–Trinajstić information content (AvgIpc) is 3.27. The van der Waals surface area contributed by atoms with Crippen molar-refractivity contribution in [2.75, 3.05) is 7.11 Å². The van der Waals surface area contributed by atoms with Crippen LogP contribution in [0.2, 0.25) is 0 Å². The number of imidazole rings is 1. The fourth-order valence-corrected chi connectivity index (χ4v) is 2.96. The number of hydrogen-bond acceptors (Lipinski definition) is 5. The van der Waals surface area contributed by atoms with Crippen LogP contribution in [-0.2, 0) is 12.7 Å². The Morgan fingerprint density at radius 3 is 2.79 bits per heavy atom. The standard InChI is InChI=1S/C18H15F3N6O2/c1-9-5-14(18(19,20)21)27-16(24-9)11(7-23-27)17(28)22-8-15-25-12-4-3-10(29-2)6-13(12)26-15/h3-7H,8H2,1-2H3,(H,22,28)(H,25,26). The van der Waals surface area contributed by atoms with Crippen LogP contribution >= 0.6 is 0 Å². The maximum Gasteiger partial charge on any atom is 0.433 e. The Bertz CT molecular complexity index is 1230. The number of nitrogens with zero attached hydrogens (tertiary/aromatic N) is 4. The summed E-state index contributed by atoms with van der Waals surface area (Å²) in [5.74, 6) is 0.535. The van der Waals surface area contributed by atoms with E-state index in [-0.39, 0.29) is 23.4 Å². The predicted octanol–water partition coefficient (Wildman–Crippen LogP) is 2.87. The number of fused-ring (bicyclic) bond motifs is 2. The molecule has 1 amide bonds. The van der Waals surface area contributed by atoms with Gasteiger partial charge in [0.25, 0.3) is 5.91 Å². The van der Waals surface area contributed by atoms with Crippen molar-refractivity contribution in [3.63, 3.8) is 0 Å². The highest BCUT2D eigenvalue weighted by molar-refractivity contribution is 5.99. The molecule has 8 nitrogen and oxygen atoms in total. The molecule has 29 heavy (non-hydrogen) atoms. The van der Waals surface area contributed by atoms with E-state index in [9.17, 15) is 18.0 Å². The molecule has 0 saturated heterocycles. The van der Waals surface area contributed by atoms with Crippen LogP contribution in [0.1, 0.15) is 27.6 Å². The summed E-state index contributed by atoms with van der Waals surface area (Å²) in [6.07, 6.45) is -3.56. The largest absolute Gasteiger partial charge is 0.497 e. The molecule has 0 aliphatic carbocycles. The van der Waals surface area contributed by atoms with Crippen molar-refractivity contribution in [2.45, 2.75) is 19.6 Å². The van der Waals surface area contributed by atoms with E-state index in [4.69, 9.17) is 4.74 Å². The van der Waals surface area contributed by atoms with Gasteiger partial charge in [-0.05, 0) is 25.1 Å². The van der Waals surface area contributed by atoms with Crippen molar-refractivity contribution in [2.24, 2.45) is 0 Å². The monoisotopic (exact) mass is 404 g/mol. The van der Waals surface area contributed by atoms with Crippen molar-refractivity contribution in [1.82, 2.24) is 29.9 Å². The third-order valence-electron chi connectivity index (χ3n) is 4.29. The highest BCUT2D eigenvalue weighted by atomic mass is 19.4. The van der Waals surface area contributed by atoms with E-state index < -0.39 is 17.8 Å². The first-order chi connectivity index (χ1) is 13.8. The molecule has 0 saturated carbocycles. The molecule has 150 valence electrons. The number of hydrogen-bond donors (Lipinski definition) is 2. The van der Waals surface area contributed by atoms with Crippen molar-refractivity contribution in [3.05, 3.63) is 53.2 Å². The van der Waals surface area contributed by atoms with Crippen LogP contribution in [0.25, 0.3) is 16.7 Å². The quantitative estimate of drug-likeness (QED) is 0.545. The van der Waals surface area contributed by atoms with Crippen LogP contribution in [0.15, 0.2) is 30.5 Å². The SMILES string of the molecule is COc1ccc2nc(CNC(=O)c3cnn4c(C(F)(F)F)cc(C)nc34)[nH]c2c1. The van der Waals surface area contributed by atoms with Gasteiger partial charge in [0, 0.05) is 11.8 Å². The number of benzene rings is 1. The Labute approximate surface area is 161 Å². The Morgan fingerprint density at radius 1 is 1.28 bits per heavy atom. The van der Waals surface area contributed by atoms with Crippen LogP contribution in [0.5, 0.6) is 5.75 Å². The fraction of sp³-hybridized carbons (Fsp3) is 0.222. The lowest BCUT2D eigenvalue weighted by molar-refractivity contribution is -0.142. The highest BCUT2D eigenvalue weighted by Gasteiger charge is 2.35. The van der Waals surface area contributed by atoms with Crippen LogP contribution in [-0.4, -0.2) is 37.6 Å². The second kappa shape index (κ2) is 6.76. The summed E-state index contributed by atoms with van der Waals surface area (Å²) in [5, 5.41) is 6.31. The van der Waals surface area contributed by atoms with E-state index in [1.165, 1.54) is 6.92 Å². The number of aromatic nitrogens is 5. The predicted molar refractivity (Wildman–Crippen MR) is 96.5 cm³/mol. The van der Waals surface area contributed by atoms with E-state index >= 15 is 0 Å². The third-order valence-corrected chi connectivity index (χ3v) is 4.29. The summed E-state index contributed by atoms with van der Waals surface area (Å²) < 4.78 is 45.4. The van der Waals surface area contributed by atoms with E-state index in [2.05, 4.69) is 25.4 Å². The number of nitrogens with one attached hydrogen (secondary N) is 2. The van der Waals surface area contributed by atoms with Gasteiger partial charge in [-0.1, -0.05) is 0 Å². The molecular weight excluding hydrogens is 389 g/mol. The Morgan fingerprint density at radius 2 is 2.07 bits per heavy atom. The Hall–Kier alpha value is -3.63. The van der Waals surface area contributed by atoms with E-state index in [0.717, 1.165) is 17.8 Å². The molecule has 4 rings (SSSR count). The molecule has 0 radical (unpaired) electrons. The third kappa shape index (κ3) is 3.46. The number of carbonyl (C=O) groups excluding carboxylic acids is 1. The molecule has 3 heterocycles. The van der Waals surface area contributed by atoms with Crippen molar-refractivity contribution in [3.8, 4) is 5.75 Å². The molecule has 0 atom stereocenters. The number of aryl methyl sites for hydroxylation is 1. The van der Waals surface area contributed by atoms with E-state index in [0.29, 0.717) is 21.6 Å². The highest BCUT2D eigenvalue weighted by Crippen LogP contribution is 2.30. The normalized spacial score (nSPS) is 11.9. The zero-order valence-corrected chi connectivity index (χ0v) is 15.3. The Balaban J connectivity index is 1.59. The minimum atomic E-state index is -4.62. The van der Waals surface area contributed by atoms with Crippen molar-refractivity contribution >= 4 is 22.6 Å². The summed E-state index contributed by atoms with van der Waals surface area (Å²) in [7, 11) is 1.55. The number of alkyl halides is 3. The van der Waals surface area contributed by atoms with Gasteiger partial charge in [0.1, 0.15) is 22.8 Å². The minimum absolute atomic E-state index is 0.0467. The molecule has 0 aliphatic rings. The molecule has 0 aliphatic heterocycles. The molecule has 0 fully saturated rings. The molecule has 0 spiro atoms. The van der Waals surface area contributed by atoms with Gasteiger partial charge in [0.05, 0.1) is 30.9 Å². The summed E-state index contributed by atoms with van der Waals surface area (Å²) in [4.78, 5) is 24.0. The number of carbonyl (C=O) groups is 1. The van der Waals surface area contributed by atoms with Gasteiger partial charge >= 0.3 is 6.18 Å². The first kappa shape index (κ1) is 18.7. The number of rotatable bonds is 4. The zero-order chi connectivity index (χ0) is 20.8. The van der Waals surface area contributed by atoms with Crippen molar-refractivity contribution < 1.29 is 22.7 Å². The van der Waals surface area contributed by atoms with Crippen LogP contribution in [0, 0.1) is 6.92 Å². The number of ether oxygens (including phenoxy) is 1. The molecule has 0 unspecified atom stereocenters. The maximum absolute atomic E-state index is 13.2. The number of H-pyrrole nitrogens is 1. The first-order valence-corrected chi connectivity index (χ1v) is 8.49. The molecule has 11 heteroatoms. The maximum atomic E-state index is 13.2. The number of amides is 1. The topological polar surface area (TPSA) is 97.2 Å². The zero-order valence-electron chi connectivity index (χ0n) is 15.3. The molecule has 0 bridgehead atoms. The van der Waals surface area contributed by atoms with Gasteiger partial charge in [-0.15, -0.1) is 0 Å². The molecule has 2 N–H and O–H groups in total. The lowest BCUT2D eigenvalue weighted by Crippen LogP contribution is -2.23. The van der Waals surface area contributed by atoms with Gasteiger partial charge in [-0.3, -0.25) is 4.79 Å². The Kier molecular flexibility index (Phi) is 4.36. The summed E-state index contributed by atoms with van der Waals surface area (Å²) in [6, 6.07) is 6.18. The molecule has 1 aromatic carbocycles. The van der Waals surface area contributed by atoms with E-state index in [1.54, 1.807) is 25.3 Å². The van der Waals surface area contributed by atoms with Crippen LogP contribution < -0.4 is 10.1 Å². The summed E-state index contributed by atoms with van der Waals surface area (Å²) in [6.45, 7) is 1.47. The second-order valence-electron chi connectivity index (χ2n) is 6.32. The van der Waals surface area contributed by atoms with Crippen LogP contribution in [0.3, 0.4) is 0 Å². The van der Waals surface area contributed by atoms with Crippen molar-refractivity contribution in [1.29, 1.82) is 0 Å². The number of halogens is 3. The smallest absolute Gasteiger partial charge is 0.433 e. The lowest BCUT2D eigenvalue weighted by Gasteiger charge is -2.09. The average molecular weight is 404 g/mol. The number of aromatic amines is 1. The molecule has 4 aromatic rings. The van der Waals surface area contributed by atoms with E-state index in [1.807, 2.05) is 0 Å².